The maximum atomic E-state index is 5.70. The Labute approximate surface area is 229 Å². The van der Waals surface area contributed by atoms with Gasteiger partial charge in [0, 0.05) is 0 Å². The molecule has 1 atom stereocenters. The van der Waals surface area contributed by atoms with Gasteiger partial charge < -0.3 is 11.5 Å². The highest BCUT2D eigenvalue weighted by molar-refractivity contribution is 5.07. The van der Waals surface area contributed by atoms with Crippen LogP contribution < -0.4 is 11.5 Å². The molecule has 36 heavy (non-hydrogen) atoms. The molecule has 0 aliphatic heterocycles. The minimum atomic E-state index is 0.851. The zero-order valence-electron chi connectivity index (χ0n) is 25.3. The number of rotatable bonds is 30. The maximum Gasteiger partial charge on any atom is -0.00773 e. The van der Waals surface area contributed by atoms with Gasteiger partial charge in [-0.1, -0.05) is 147 Å². The van der Waals surface area contributed by atoms with Crippen molar-refractivity contribution in [1.82, 2.24) is 0 Å². The van der Waals surface area contributed by atoms with E-state index in [0.29, 0.717) is 0 Å². The number of allylic oxidation sites excluding steroid dienone is 2. The summed E-state index contributed by atoms with van der Waals surface area (Å²) < 4.78 is 0. The third-order valence-corrected chi connectivity index (χ3v) is 8.07. The van der Waals surface area contributed by atoms with Crippen LogP contribution in [0.5, 0.6) is 0 Å². The van der Waals surface area contributed by atoms with E-state index in [1.54, 1.807) is 0 Å². The summed E-state index contributed by atoms with van der Waals surface area (Å²) in [5, 5.41) is 0. The summed E-state index contributed by atoms with van der Waals surface area (Å²) in [6.45, 7) is 6.35. The molecule has 0 aromatic heterocycles. The van der Waals surface area contributed by atoms with Gasteiger partial charge in [-0.25, -0.2) is 0 Å². The summed E-state index contributed by atoms with van der Waals surface area (Å²) in [6.07, 6.45) is 40.1. The lowest BCUT2D eigenvalue weighted by Gasteiger charge is -2.22. The van der Waals surface area contributed by atoms with Crippen LogP contribution in [0.15, 0.2) is 11.6 Å². The molecule has 0 saturated carbocycles. The fraction of sp³-hybridized carbons (Fsp3) is 0.941. The van der Waals surface area contributed by atoms with Crippen molar-refractivity contribution in [3.8, 4) is 0 Å². The topological polar surface area (TPSA) is 52.0 Å². The summed E-state index contributed by atoms with van der Waals surface area (Å²) >= 11 is 0. The van der Waals surface area contributed by atoms with Gasteiger partial charge in [0.25, 0.3) is 0 Å². The van der Waals surface area contributed by atoms with Crippen molar-refractivity contribution in [3.63, 3.8) is 0 Å². The highest BCUT2D eigenvalue weighted by atomic mass is 14.5. The minimum absolute atomic E-state index is 0.851. The minimum Gasteiger partial charge on any atom is -0.330 e. The molecular formula is C34H70N2. The monoisotopic (exact) mass is 507 g/mol. The second kappa shape index (κ2) is 30.9. The Balaban J connectivity index is 4.80. The fourth-order valence-electron chi connectivity index (χ4n) is 5.62. The van der Waals surface area contributed by atoms with Crippen LogP contribution in [0.25, 0.3) is 0 Å². The van der Waals surface area contributed by atoms with Gasteiger partial charge in [-0.15, -0.1) is 0 Å². The first-order valence-electron chi connectivity index (χ1n) is 16.9. The van der Waals surface area contributed by atoms with E-state index in [4.69, 9.17) is 11.5 Å². The summed E-state index contributed by atoms with van der Waals surface area (Å²) in [7, 11) is 0. The quantitative estimate of drug-likeness (QED) is 0.0751. The molecule has 0 amide bonds. The predicted octanol–water partition coefficient (Wildman–Crippen LogP) is 11.0. The van der Waals surface area contributed by atoms with Crippen LogP contribution in [-0.4, -0.2) is 13.1 Å². The van der Waals surface area contributed by atoms with Crippen LogP contribution in [-0.2, 0) is 0 Å². The van der Waals surface area contributed by atoms with Crippen molar-refractivity contribution >= 4 is 0 Å². The lowest BCUT2D eigenvalue weighted by atomic mass is 9.84. The molecule has 1 unspecified atom stereocenters. The zero-order chi connectivity index (χ0) is 26.4. The maximum absolute atomic E-state index is 5.70. The lowest BCUT2D eigenvalue weighted by molar-refractivity contribution is 0.433. The molecule has 2 heteroatoms. The summed E-state index contributed by atoms with van der Waals surface area (Å²) in [5.41, 5.74) is 13.2. The third kappa shape index (κ3) is 25.3. The first-order chi connectivity index (χ1) is 17.8. The van der Waals surface area contributed by atoms with Crippen LogP contribution in [0.1, 0.15) is 187 Å². The van der Waals surface area contributed by atoms with Crippen LogP contribution in [0.4, 0.5) is 0 Å². The molecular weight excluding hydrogens is 436 g/mol. The number of nitrogens with two attached hydrogens (primary N) is 2. The molecule has 0 rings (SSSR count). The Hall–Kier alpha value is -0.340. The SMILES string of the molecule is CCCCCCCC/C=C(/CCCCCCCN)C(CCCCCCCC)CCCCCCCCN. The number of unbranched alkanes of at least 4 members (excludes halogenated alkanes) is 20. The van der Waals surface area contributed by atoms with Crippen molar-refractivity contribution in [1.29, 1.82) is 0 Å². The molecule has 0 radical (unpaired) electrons. The van der Waals surface area contributed by atoms with Crippen LogP contribution in [0.2, 0.25) is 0 Å². The van der Waals surface area contributed by atoms with E-state index in [-0.39, 0.29) is 0 Å². The normalized spacial score (nSPS) is 12.9. The van der Waals surface area contributed by atoms with Crippen molar-refractivity contribution < 1.29 is 0 Å². The first-order valence-corrected chi connectivity index (χ1v) is 16.9. The molecule has 4 N–H and O–H groups in total. The van der Waals surface area contributed by atoms with E-state index in [1.807, 2.05) is 5.57 Å². The van der Waals surface area contributed by atoms with Gasteiger partial charge >= 0.3 is 0 Å². The lowest BCUT2D eigenvalue weighted by Crippen LogP contribution is -2.06. The fourth-order valence-corrected chi connectivity index (χ4v) is 5.62. The smallest absolute Gasteiger partial charge is 0.00773 e. The molecule has 0 bridgehead atoms. The Kier molecular flexibility index (Phi) is 30.6. The number of hydrogen-bond acceptors (Lipinski definition) is 2. The first kappa shape index (κ1) is 35.7. The molecule has 2 nitrogen and oxygen atoms in total. The van der Waals surface area contributed by atoms with E-state index >= 15 is 0 Å². The van der Waals surface area contributed by atoms with Gasteiger partial charge in [0.05, 0.1) is 0 Å². The van der Waals surface area contributed by atoms with Gasteiger partial charge in [0.2, 0.25) is 0 Å². The largest absolute Gasteiger partial charge is 0.330 e. The van der Waals surface area contributed by atoms with Gasteiger partial charge in [-0.05, 0) is 70.4 Å². The van der Waals surface area contributed by atoms with Gasteiger partial charge in [-0.2, -0.15) is 0 Å². The molecule has 0 saturated heterocycles. The summed E-state index contributed by atoms with van der Waals surface area (Å²) in [6, 6.07) is 0. The van der Waals surface area contributed by atoms with Gasteiger partial charge in [0.15, 0.2) is 0 Å². The molecule has 216 valence electrons. The van der Waals surface area contributed by atoms with Crippen molar-refractivity contribution in [2.45, 2.75) is 187 Å². The Morgan fingerprint density at radius 1 is 0.472 bits per heavy atom. The Morgan fingerprint density at radius 2 is 0.861 bits per heavy atom. The third-order valence-electron chi connectivity index (χ3n) is 8.07. The van der Waals surface area contributed by atoms with Crippen molar-refractivity contribution in [2.75, 3.05) is 13.1 Å². The Bertz CT molecular complexity index is 431. The second-order valence-corrected chi connectivity index (χ2v) is 11.6. The summed E-state index contributed by atoms with van der Waals surface area (Å²) in [4.78, 5) is 0. The second-order valence-electron chi connectivity index (χ2n) is 11.6. The molecule has 0 aliphatic rings. The molecule has 0 spiro atoms. The molecule has 0 aromatic carbocycles. The highest BCUT2D eigenvalue weighted by Crippen LogP contribution is 2.30. The van der Waals surface area contributed by atoms with E-state index in [0.717, 1.165) is 19.0 Å². The Morgan fingerprint density at radius 3 is 1.33 bits per heavy atom. The number of hydrogen-bond donors (Lipinski definition) is 2. The van der Waals surface area contributed by atoms with Crippen molar-refractivity contribution in [3.05, 3.63) is 11.6 Å². The molecule has 0 fully saturated rings. The summed E-state index contributed by atoms with van der Waals surface area (Å²) in [5.74, 6) is 0.851. The van der Waals surface area contributed by atoms with Crippen LogP contribution >= 0.6 is 0 Å². The highest BCUT2D eigenvalue weighted by Gasteiger charge is 2.14. The average Bonchev–Trinajstić information content (AvgIpc) is 2.89. The van der Waals surface area contributed by atoms with E-state index in [1.165, 1.54) is 173 Å². The van der Waals surface area contributed by atoms with E-state index in [2.05, 4.69) is 19.9 Å². The van der Waals surface area contributed by atoms with Crippen LogP contribution in [0.3, 0.4) is 0 Å². The molecule has 0 heterocycles. The average molecular weight is 507 g/mol. The van der Waals surface area contributed by atoms with Crippen LogP contribution in [0, 0.1) is 5.92 Å². The zero-order valence-corrected chi connectivity index (χ0v) is 25.3. The van der Waals surface area contributed by atoms with Gasteiger partial charge in [-0.3, -0.25) is 0 Å². The standard InChI is InChI=1S/C34H70N2/c1-3-5-7-9-11-16-22-28-34(30-24-18-14-20-26-32-36)33(27-21-15-10-8-6-4-2)29-23-17-12-13-19-25-31-35/h28,33H,3-27,29-32,35-36H2,1-2H3/b34-28-. The van der Waals surface area contributed by atoms with E-state index in [9.17, 15) is 0 Å². The molecule has 0 aliphatic carbocycles. The predicted molar refractivity (Wildman–Crippen MR) is 166 cm³/mol. The molecule has 0 aromatic rings. The van der Waals surface area contributed by atoms with E-state index < -0.39 is 0 Å². The van der Waals surface area contributed by atoms with Gasteiger partial charge in [0.1, 0.15) is 0 Å². The van der Waals surface area contributed by atoms with Crippen molar-refractivity contribution in [2.24, 2.45) is 17.4 Å².